The molecule has 1 unspecified atom stereocenters. The summed E-state index contributed by atoms with van der Waals surface area (Å²) < 4.78 is 0. The molecule has 0 aliphatic carbocycles. The highest BCUT2D eigenvalue weighted by Gasteiger charge is 2.17. The maximum Gasteiger partial charge on any atom is 0.0506 e. The molecule has 0 bridgehead atoms. The van der Waals surface area contributed by atoms with Crippen LogP contribution in [0.25, 0.3) is 0 Å². The predicted molar refractivity (Wildman–Crippen MR) is 57.9 cm³/mol. The molecule has 78 valence electrons. The first-order chi connectivity index (χ1) is 5.91. The summed E-state index contributed by atoms with van der Waals surface area (Å²) in [6, 6.07) is 0.183. The van der Waals surface area contributed by atoms with E-state index in [-0.39, 0.29) is 6.04 Å². The van der Waals surface area contributed by atoms with Gasteiger partial charge in [0.05, 0.1) is 6.04 Å². The SMILES string of the molecule is CNC(/C(N)=C(\N)C(C)C)C(C)C. The summed E-state index contributed by atoms with van der Waals surface area (Å²) in [6.07, 6.45) is 0. The van der Waals surface area contributed by atoms with Crippen LogP contribution in [0.1, 0.15) is 27.7 Å². The zero-order valence-corrected chi connectivity index (χ0v) is 9.39. The fourth-order valence-corrected chi connectivity index (χ4v) is 1.36. The maximum atomic E-state index is 5.97. The van der Waals surface area contributed by atoms with Gasteiger partial charge in [0.1, 0.15) is 0 Å². The first kappa shape index (κ1) is 12.3. The zero-order valence-electron chi connectivity index (χ0n) is 9.39. The Bertz CT molecular complexity index is 183. The third-order valence-electron chi connectivity index (χ3n) is 2.27. The van der Waals surface area contributed by atoms with Gasteiger partial charge in [0, 0.05) is 11.4 Å². The Kier molecular flexibility index (Phi) is 4.85. The van der Waals surface area contributed by atoms with Crippen molar-refractivity contribution >= 4 is 0 Å². The second-order valence-corrected chi connectivity index (χ2v) is 4.08. The Labute approximate surface area is 81.6 Å². The third-order valence-corrected chi connectivity index (χ3v) is 2.27. The van der Waals surface area contributed by atoms with Gasteiger partial charge in [-0.2, -0.15) is 0 Å². The van der Waals surface area contributed by atoms with Gasteiger partial charge in [-0.1, -0.05) is 27.7 Å². The number of likely N-dealkylation sites (N-methyl/N-ethyl adjacent to an activating group) is 1. The minimum Gasteiger partial charge on any atom is -0.400 e. The molecule has 0 saturated heterocycles. The van der Waals surface area contributed by atoms with Crippen molar-refractivity contribution in [3.8, 4) is 0 Å². The van der Waals surface area contributed by atoms with Gasteiger partial charge in [-0.05, 0) is 18.9 Å². The zero-order chi connectivity index (χ0) is 10.6. The van der Waals surface area contributed by atoms with Crippen LogP contribution < -0.4 is 16.8 Å². The molecule has 0 amide bonds. The molecule has 0 aliphatic heterocycles. The normalized spacial score (nSPS) is 16.2. The molecule has 0 heterocycles. The molecule has 3 nitrogen and oxygen atoms in total. The highest BCUT2D eigenvalue weighted by Crippen LogP contribution is 2.13. The molecular weight excluding hydrogens is 162 g/mol. The molecule has 0 aliphatic rings. The van der Waals surface area contributed by atoms with E-state index in [0.717, 1.165) is 11.4 Å². The topological polar surface area (TPSA) is 64.1 Å². The summed E-state index contributed by atoms with van der Waals surface area (Å²) in [7, 11) is 1.91. The largest absolute Gasteiger partial charge is 0.400 e. The summed E-state index contributed by atoms with van der Waals surface area (Å²) in [6.45, 7) is 8.35. The fraction of sp³-hybridized carbons (Fsp3) is 0.800. The average Bonchev–Trinajstić information content (AvgIpc) is 2.03. The van der Waals surface area contributed by atoms with Crippen molar-refractivity contribution in [3.05, 3.63) is 11.4 Å². The standard InChI is InChI=1S/C10H23N3/c1-6(2)8(11)9(12)10(13-5)7(3)4/h6-7,10,13H,11-12H2,1-5H3/b9-8+. The first-order valence-corrected chi connectivity index (χ1v) is 4.84. The Balaban J connectivity index is 4.71. The van der Waals surface area contributed by atoms with Crippen molar-refractivity contribution in [1.29, 1.82) is 0 Å². The lowest BCUT2D eigenvalue weighted by Crippen LogP contribution is -2.38. The van der Waals surface area contributed by atoms with Crippen LogP contribution in [0.2, 0.25) is 0 Å². The van der Waals surface area contributed by atoms with E-state index in [0.29, 0.717) is 11.8 Å². The van der Waals surface area contributed by atoms with E-state index in [9.17, 15) is 0 Å². The maximum absolute atomic E-state index is 5.97. The molecule has 13 heavy (non-hydrogen) atoms. The van der Waals surface area contributed by atoms with Gasteiger partial charge >= 0.3 is 0 Å². The molecule has 0 aromatic heterocycles. The quantitative estimate of drug-likeness (QED) is 0.612. The molecule has 3 heteroatoms. The summed E-state index contributed by atoms with van der Waals surface area (Å²) in [5, 5.41) is 3.17. The summed E-state index contributed by atoms with van der Waals surface area (Å²) in [5.41, 5.74) is 13.4. The van der Waals surface area contributed by atoms with Gasteiger partial charge in [0.2, 0.25) is 0 Å². The monoisotopic (exact) mass is 185 g/mol. The van der Waals surface area contributed by atoms with Crippen molar-refractivity contribution in [2.45, 2.75) is 33.7 Å². The Hall–Kier alpha value is -0.700. The molecular formula is C10H23N3. The number of rotatable bonds is 4. The molecule has 5 N–H and O–H groups in total. The van der Waals surface area contributed by atoms with Crippen molar-refractivity contribution in [2.75, 3.05) is 7.05 Å². The predicted octanol–water partition coefficient (Wildman–Crippen LogP) is 1.02. The van der Waals surface area contributed by atoms with Gasteiger partial charge in [-0.3, -0.25) is 0 Å². The first-order valence-electron chi connectivity index (χ1n) is 4.84. The van der Waals surface area contributed by atoms with Gasteiger partial charge in [-0.25, -0.2) is 0 Å². The number of nitrogens with two attached hydrogens (primary N) is 2. The van der Waals surface area contributed by atoms with Gasteiger partial charge in [0.15, 0.2) is 0 Å². The molecule has 0 rings (SSSR count). The average molecular weight is 185 g/mol. The molecule has 0 spiro atoms. The third kappa shape index (κ3) is 3.27. The van der Waals surface area contributed by atoms with Crippen LogP contribution in [0.5, 0.6) is 0 Å². The van der Waals surface area contributed by atoms with Gasteiger partial charge < -0.3 is 16.8 Å². The van der Waals surface area contributed by atoms with Gasteiger partial charge in [-0.15, -0.1) is 0 Å². The van der Waals surface area contributed by atoms with E-state index in [1.807, 2.05) is 7.05 Å². The molecule has 0 aromatic carbocycles. The van der Waals surface area contributed by atoms with E-state index in [2.05, 4.69) is 33.0 Å². The summed E-state index contributed by atoms with van der Waals surface area (Å²) >= 11 is 0. The van der Waals surface area contributed by atoms with Crippen LogP contribution >= 0.6 is 0 Å². The van der Waals surface area contributed by atoms with Crippen LogP contribution in [0.4, 0.5) is 0 Å². The Morgan fingerprint density at radius 1 is 1.00 bits per heavy atom. The van der Waals surface area contributed by atoms with Crippen LogP contribution in [-0.4, -0.2) is 13.1 Å². The fourth-order valence-electron chi connectivity index (χ4n) is 1.36. The molecule has 0 aromatic rings. The Morgan fingerprint density at radius 2 is 1.46 bits per heavy atom. The smallest absolute Gasteiger partial charge is 0.0506 e. The van der Waals surface area contributed by atoms with Crippen LogP contribution in [0.15, 0.2) is 11.4 Å². The number of hydrogen-bond acceptors (Lipinski definition) is 3. The molecule has 1 atom stereocenters. The summed E-state index contributed by atoms with van der Waals surface area (Å²) in [5.74, 6) is 0.775. The van der Waals surface area contributed by atoms with E-state index in [1.165, 1.54) is 0 Å². The number of hydrogen-bond donors (Lipinski definition) is 3. The van der Waals surface area contributed by atoms with Crippen LogP contribution in [-0.2, 0) is 0 Å². The lowest BCUT2D eigenvalue weighted by molar-refractivity contribution is 0.466. The highest BCUT2D eigenvalue weighted by atomic mass is 14.9. The van der Waals surface area contributed by atoms with Gasteiger partial charge in [0.25, 0.3) is 0 Å². The summed E-state index contributed by atoms with van der Waals surface area (Å²) in [4.78, 5) is 0. The molecule has 0 saturated carbocycles. The van der Waals surface area contributed by atoms with Crippen LogP contribution in [0, 0.1) is 11.8 Å². The second kappa shape index (κ2) is 5.12. The molecule has 0 radical (unpaired) electrons. The van der Waals surface area contributed by atoms with E-state index in [4.69, 9.17) is 11.5 Å². The van der Waals surface area contributed by atoms with Crippen molar-refractivity contribution in [2.24, 2.45) is 23.3 Å². The van der Waals surface area contributed by atoms with Crippen molar-refractivity contribution < 1.29 is 0 Å². The minimum absolute atomic E-state index is 0.183. The van der Waals surface area contributed by atoms with Crippen molar-refractivity contribution in [1.82, 2.24) is 5.32 Å². The number of allylic oxidation sites excluding steroid dienone is 1. The van der Waals surface area contributed by atoms with E-state index < -0.39 is 0 Å². The second-order valence-electron chi connectivity index (χ2n) is 4.08. The molecule has 0 fully saturated rings. The lowest BCUT2D eigenvalue weighted by atomic mass is 9.97. The lowest BCUT2D eigenvalue weighted by Gasteiger charge is -2.23. The van der Waals surface area contributed by atoms with E-state index in [1.54, 1.807) is 0 Å². The van der Waals surface area contributed by atoms with Crippen LogP contribution in [0.3, 0.4) is 0 Å². The Morgan fingerprint density at radius 3 is 1.69 bits per heavy atom. The minimum atomic E-state index is 0.183. The van der Waals surface area contributed by atoms with E-state index >= 15 is 0 Å². The highest BCUT2D eigenvalue weighted by molar-refractivity contribution is 5.16. The van der Waals surface area contributed by atoms with Crippen molar-refractivity contribution in [3.63, 3.8) is 0 Å². The number of nitrogens with one attached hydrogen (secondary N) is 1.